The molecule has 1 atom stereocenters. The van der Waals surface area contributed by atoms with Crippen molar-refractivity contribution in [1.82, 2.24) is 5.32 Å². The summed E-state index contributed by atoms with van der Waals surface area (Å²) in [5.41, 5.74) is -0.388. The van der Waals surface area contributed by atoms with Gasteiger partial charge in [-0.1, -0.05) is 19.3 Å². The van der Waals surface area contributed by atoms with Gasteiger partial charge in [-0.25, -0.2) is 0 Å². The summed E-state index contributed by atoms with van der Waals surface area (Å²) >= 11 is 0. The molecule has 3 nitrogen and oxygen atoms in total. The summed E-state index contributed by atoms with van der Waals surface area (Å²) in [7, 11) is 0. The van der Waals surface area contributed by atoms with Crippen molar-refractivity contribution in [2.24, 2.45) is 5.92 Å². The second-order valence-corrected chi connectivity index (χ2v) is 5.79. The summed E-state index contributed by atoms with van der Waals surface area (Å²) in [4.78, 5) is 11.6. The van der Waals surface area contributed by atoms with Crippen LogP contribution in [0.2, 0.25) is 0 Å². The van der Waals surface area contributed by atoms with Crippen LogP contribution in [0.4, 0.5) is 0 Å². The fourth-order valence-corrected chi connectivity index (χ4v) is 1.76. The zero-order valence-corrected chi connectivity index (χ0v) is 11.0. The molecule has 1 fully saturated rings. The molecule has 0 bridgehead atoms. The van der Waals surface area contributed by atoms with Crippen molar-refractivity contribution in [2.75, 3.05) is 6.54 Å². The molecular weight excluding hydrogens is 202 g/mol. The molecule has 1 rings (SSSR count). The van der Waals surface area contributed by atoms with Gasteiger partial charge in [-0.3, -0.25) is 4.79 Å². The summed E-state index contributed by atoms with van der Waals surface area (Å²) < 4.78 is 5.30. The van der Waals surface area contributed by atoms with Crippen LogP contribution in [-0.2, 0) is 9.53 Å². The van der Waals surface area contributed by atoms with Crippen LogP contribution in [0.1, 0.15) is 53.4 Å². The first-order chi connectivity index (χ1) is 7.38. The van der Waals surface area contributed by atoms with E-state index in [1.165, 1.54) is 25.7 Å². The summed E-state index contributed by atoms with van der Waals surface area (Å²) in [5.74, 6) is 0.736. The molecule has 94 valence electrons. The van der Waals surface area contributed by atoms with E-state index in [0.29, 0.717) is 0 Å². The van der Waals surface area contributed by atoms with E-state index in [2.05, 4.69) is 5.32 Å². The lowest BCUT2D eigenvalue weighted by Gasteiger charge is -2.26. The number of nitrogens with one attached hydrogen (secondary N) is 1. The van der Waals surface area contributed by atoms with E-state index in [-0.39, 0.29) is 17.6 Å². The van der Waals surface area contributed by atoms with Gasteiger partial charge in [0.1, 0.15) is 11.6 Å². The maximum atomic E-state index is 11.6. The van der Waals surface area contributed by atoms with Crippen molar-refractivity contribution >= 4 is 5.97 Å². The standard InChI is InChI=1S/C13H25NO2/c1-10(12(15)16-13(2,3)4)14-9-8-11-6-5-7-11/h10-11,14H,5-9H2,1-4H3. The van der Waals surface area contributed by atoms with Gasteiger partial charge in [0.15, 0.2) is 0 Å². The Kier molecular flexibility index (Phi) is 4.78. The molecule has 0 aromatic carbocycles. The minimum atomic E-state index is -0.388. The minimum Gasteiger partial charge on any atom is -0.459 e. The van der Waals surface area contributed by atoms with Gasteiger partial charge in [0.05, 0.1) is 0 Å². The second-order valence-electron chi connectivity index (χ2n) is 5.79. The molecule has 0 heterocycles. The number of carbonyl (C=O) groups excluding carboxylic acids is 1. The number of rotatable bonds is 5. The summed E-state index contributed by atoms with van der Waals surface area (Å²) in [5, 5.41) is 3.23. The van der Waals surface area contributed by atoms with Crippen LogP contribution in [-0.4, -0.2) is 24.2 Å². The molecular formula is C13H25NO2. The molecule has 3 heteroatoms. The zero-order valence-electron chi connectivity index (χ0n) is 11.0. The largest absolute Gasteiger partial charge is 0.459 e. The minimum absolute atomic E-state index is 0.152. The molecule has 1 aliphatic rings. The molecule has 1 aliphatic carbocycles. The third kappa shape index (κ3) is 4.97. The Labute approximate surface area is 98.9 Å². The average Bonchev–Trinajstić information content (AvgIpc) is 2.05. The Bertz CT molecular complexity index is 229. The van der Waals surface area contributed by atoms with Crippen molar-refractivity contribution < 1.29 is 9.53 Å². The fourth-order valence-electron chi connectivity index (χ4n) is 1.76. The predicted molar refractivity (Wildman–Crippen MR) is 65.3 cm³/mol. The van der Waals surface area contributed by atoms with E-state index < -0.39 is 0 Å². The topological polar surface area (TPSA) is 38.3 Å². The molecule has 0 aliphatic heterocycles. The van der Waals surface area contributed by atoms with Crippen molar-refractivity contribution in [3.05, 3.63) is 0 Å². The second kappa shape index (κ2) is 5.67. The monoisotopic (exact) mass is 227 g/mol. The molecule has 0 aromatic rings. The van der Waals surface area contributed by atoms with Gasteiger partial charge in [0, 0.05) is 0 Å². The molecule has 0 saturated heterocycles. The summed E-state index contributed by atoms with van der Waals surface area (Å²) in [6.07, 6.45) is 5.30. The van der Waals surface area contributed by atoms with Gasteiger partial charge in [-0.15, -0.1) is 0 Å². The highest BCUT2D eigenvalue weighted by Gasteiger charge is 2.22. The number of esters is 1. The molecule has 16 heavy (non-hydrogen) atoms. The molecule has 1 N–H and O–H groups in total. The SMILES string of the molecule is CC(NCCC1CCC1)C(=O)OC(C)(C)C. The zero-order chi connectivity index (χ0) is 12.2. The third-order valence-electron chi connectivity index (χ3n) is 2.99. The highest BCUT2D eigenvalue weighted by Crippen LogP contribution is 2.28. The van der Waals surface area contributed by atoms with Crippen LogP contribution < -0.4 is 5.32 Å². The lowest BCUT2D eigenvalue weighted by Crippen LogP contribution is -2.40. The smallest absolute Gasteiger partial charge is 0.323 e. The Hall–Kier alpha value is -0.570. The average molecular weight is 227 g/mol. The first-order valence-corrected chi connectivity index (χ1v) is 6.35. The van der Waals surface area contributed by atoms with Crippen LogP contribution in [0.25, 0.3) is 0 Å². The van der Waals surface area contributed by atoms with E-state index in [1.54, 1.807) is 0 Å². The molecule has 0 spiro atoms. The van der Waals surface area contributed by atoms with Crippen LogP contribution in [0.3, 0.4) is 0 Å². The highest BCUT2D eigenvalue weighted by atomic mass is 16.6. The Morgan fingerprint density at radius 1 is 1.44 bits per heavy atom. The summed E-state index contributed by atoms with van der Waals surface area (Å²) in [6.45, 7) is 8.48. The normalized spacial score (nSPS) is 19.0. The third-order valence-corrected chi connectivity index (χ3v) is 2.99. The Morgan fingerprint density at radius 3 is 2.50 bits per heavy atom. The lowest BCUT2D eigenvalue weighted by molar-refractivity contribution is -0.156. The number of carbonyl (C=O) groups is 1. The number of hydrogen-bond acceptors (Lipinski definition) is 3. The Morgan fingerprint density at radius 2 is 2.06 bits per heavy atom. The Balaban J connectivity index is 2.12. The highest BCUT2D eigenvalue weighted by molar-refractivity contribution is 5.75. The van der Waals surface area contributed by atoms with Crippen molar-refractivity contribution in [3.8, 4) is 0 Å². The molecule has 0 aromatic heterocycles. The van der Waals surface area contributed by atoms with Gasteiger partial charge in [0.25, 0.3) is 0 Å². The quantitative estimate of drug-likeness (QED) is 0.733. The molecule has 1 unspecified atom stereocenters. The van der Waals surface area contributed by atoms with Gasteiger partial charge in [-0.2, -0.15) is 0 Å². The predicted octanol–water partition coefficient (Wildman–Crippen LogP) is 2.50. The first-order valence-electron chi connectivity index (χ1n) is 6.35. The van der Waals surface area contributed by atoms with Gasteiger partial charge in [0.2, 0.25) is 0 Å². The van der Waals surface area contributed by atoms with Crippen LogP contribution in [0.15, 0.2) is 0 Å². The maximum Gasteiger partial charge on any atom is 0.323 e. The van der Waals surface area contributed by atoms with E-state index >= 15 is 0 Å². The summed E-state index contributed by atoms with van der Waals surface area (Å²) in [6, 6.07) is -0.195. The van der Waals surface area contributed by atoms with Gasteiger partial charge < -0.3 is 10.1 Å². The van der Waals surface area contributed by atoms with Gasteiger partial charge in [-0.05, 0) is 46.6 Å². The van der Waals surface area contributed by atoms with Crippen LogP contribution in [0.5, 0.6) is 0 Å². The van der Waals surface area contributed by atoms with Crippen LogP contribution >= 0.6 is 0 Å². The molecule has 1 saturated carbocycles. The fraction of sp³-hybridized carbons (Fsp3) is 0.923. The van der Waals surface area contributed by atoms with E-state index in [0.717, 1.165) is 12.5 Å². The number of ether oxygens (including phenoxy) is 1. The molecule has 0 amide bonds. The van der Waals surface area contributed by atoms with E-state index in [1.807, 2.05) is 27.7 Å². The lowest BCUT2D eigenvalue weighted by atomic mass is 9.83. The van der Waals surface area contributed by atoms with Gasteiger partial charge >= 0.3 is 5.97 Å². The number of hydrogen-bond donors (Lipinski definition) is 1. The first kappa shape index (κ1) is 13.5. The van der Waals surface area contributed by atoms with E-state index in [4.69, 9.17) is 4.74 Å². The van der Waals surface area contributed by atoms with Crippen LogP contribution in [0, 0.1) is 5.92 Å². The maximum absolute atomic E-state index is 11.6. The van der Waals surface area contributed by atoms with Crippen molar-refractivity contribution in [3.63, 3.8) is 0 Å². The van der Waals surface area contributed by atoms with Crippen molar-refractivity contribution in [1.29, 1.82) is 0 Å². The molecule has 0 radical (unpaired) electrons. The van der Waals surface area contributed by atoms with E-state index in [9.17, 15) is 4.79 Å². The van der Waals surface area contributed by atoms with Crippen molar-refractivity contribution in [2.45, 2.75) is 65.0 Å².